The molecule has 2 aromatic rings. The molecule has 1 N–H and O–H groups in total. The first kappa shape index (κ1) is 14.0. The van der Waals surface area contributed by atoms with Gasteiger partial charge in [-0.3, -0.25) is 4.79 Å². The van der Waals surface area contributed by atoms with Crippen molar-refractivity contribution in [3.63, 3.8) is 0 Å². The summed E-state index contributed by atoms with van der Waals surface area (Å²) in [6.45, 7) is 0.831. The number of aliphatic hydroxyl groups excluding tert-OH is 1. The second kappa shape index (κ2) is 5.83. The number of halogens is 1. The number of hydrogen-bond donors (Lipinski definition) is 1. The zero-order chi connectivity index (χ0) is 14.8. The number of carbonyl (C=O) groups excluding carboxylic acids is 1. The molecule has 1 amide bonds. The molecule has 1 aliphatic rings. The molecular weight excluding hydrogens is 294 g/mol. The predicted molar refractivity (Wildman–Crippen MR) is 75.7 cm³/mol. The molecule has 1 aliphatic heterocycles. The Bertz CT molecular complexity index is 635. The van der Waals surface area contributed by atoms with Gasteiger partial charge in [-0.25, -0.2) is 0 Å². The lowest BCUT2D eigenvalue weighted by molar-refractivity contribution is -0.141. The number of nitrogens with zero attached hydrogens (tertiary/aromatic N) is 3. The number of carbonyl (C=O) groups is 1. The minimum Gasteiger partial charge on any atom is -0.389 e. The molecule has 7 heteroatoms. The van der Waals surface area contributed by atoms with Crippen molar-refractivity contribution in [2.24, 2.45) is 0 Å². The quantitative estimate of drug-likeness (QED) is 0.926. The summed E-state index contributed by atoms with van der Waals surface area (Å²) in [6, 6.07) is 7.13. The summed E-state index contributed by atoms with van der Waals surface area (Å²) in [4.78, 5) is 17.6. The maximum absolute atomic E-state index is 11.8. The van der Waals surface area contributed by atoms with Gasteiger partial charge >= 0.3 is 0 Å². The normalized spacial score (nSPS) is 15.0. The Morgan fingerprint density at radius 3 is 2.76 bits per heavy atom. The van der Waals surface area contributed by atoms with Gasteiger partial charge in [0.1, 0.15) is 0 Å². The molecule has 0 saturated carbocycles. The van der Waals surface area contributed by atoms with Crippen LogP contribution in [0.25, 0.3) is 11.4 Å². The van der Waals surface area contributed by atoms with E-state index in [0.717, 1.165) is 5.56 Å². The number of β-amino-alcohol motifs (C(OH)–C–C–N with tert-alkyl or cyclic N) is 1. The van der Waals surface area contributed by atoms with Gasteiger partial charge in [0.2, 0.25) is 17.6 Å². The molecule has 0 spiro atoms. The molecule has 1 aromatic heterocycles. The minimum atomic E-state index is -0.381. The van der Waals surface area contributed by atoms with Crippen LogP contribution in [0.2, 0.25) is 5.02 Å². The van der Waals surface area contributed by atoms with E-state index < -0.39 is 0 Å². The summed E-state index contributed by atoms with van der Waals surface area (Å²) in [6.07, 6.45) is 0.315. The third-order valence-electron chi connectivity index (χ3n) is 3.34. The van der Waals surface area contributed by atoms with E-state index in [0.29, 0.717) is 42.7 Å². The van der Waals surface area contributed by atoms with Gasteiger partial charge in [0, 0.05) is 36.5 Å². The van der Waals surface area contributed by atoms with Crippen molar-refractivity contribution in [1.29, 1.82) is 0 Å². The van der Waals surface area contributed by atoms with Gasteiger partial charge in [-0.2, -0.15) is 4.98 Å². The molecule has 0 aliphatic carbocycles. The standard InChI is InChI=1S/C14H14ClN3O3/c15-10-3-1-9(2-4-10)14-16-12(21-17-14)5-6-13(20)18-7-11(19)8-18/h1-4,11,19H,5-8H2. The first-order chi connectivity index (χ1) is 10.1. The monoisotopic (exact) mass is 307 g/mol. The Morgan fingerprint density at radius 1 is 1.38 bits per heavy atom. The Kier molecular flexibility index (Phi) is 3.90. The fourth-order valence-electron chi connectivity index (χ4n) is 2.10. The highest BCUT2D eigenvalue weighted by molar-refractivity contribution is 6.30. The van der Waals surface area contributed by atoms with Crippen molar-refractivity contribution in [3.8, 4) is 11.4 Å². The van der Waals surface area contributed by atoms with Gasteiger partial charge < -0.3 is 14.5 Å². The summed E-state index contributed by atoms with van der Waals surface area (Å²) < 4.78 is 5.14. The first-order valence-electron chi connectivity index (χ1n) is 6.66. The number of benzene rings is 1. The minimum absolute atomic E-state index is 0.00783. The molecule has 6 nitrogen and oxygen atoms in total. The maximum atomic E-state index is 11.8. The summed E-state index contributed by atoms with van der Waals surface area (Å²) in [7, 11) is 0. The van der Waals surface area contributed by atoms with Crippen molar-refractivity contribution in [2.75, 3.05) is 13.1 Å². The van der Waals surface area contributed by atoms with E-state index >= 15 is 0 Å². The van der Waals surface area contributed by atoms with E-state index in [1.165, 1.54) is 0 Å². The number of rotatable bonds is 4. The van der Waals surface area contributed by atoms with Gasteiger partial charge in [0.15, 0.2) is 0 Å². The van der Waals surface area contributed by atoms with Crippen molar-refractivity contribution in [3.05, 3.63) is 35.2 Å². The van der Waals surface area contributed by atoms with E-state index in [1.54, 1.807) is 17.0 Å². The molecule has 0 radical (unpaired) electrons. The second-order valence-electron chi connectivity index (χ2n) is 4.97. The van der Waals surface area contributed by atoms with Crippen molar-refractivity contribution < 1.29 is 14.4 Å². The van der Waals surface area contributed by atoms with E-state index in [2.05, 4.69) is 10.1 Å². The number of aliphatic hydroxyl groups is 1. The lowest BCUT2D eigenvalue weighted by atomic mass is 10.1. The van der Waals surface area contributed by atoms with Gasteiger partial charge in [0.25, 0.3) is 0 Å². The Balaban J connectivity index is 1.58. The van der Waals surface area contributed by atoms with Crippen LogP contribution in [0, 0.1) is 0 Å². The zero-order valence-electron chi connectivity index (χ0n) is 11.2. The zero-order valence-corrected chi connectivity index (χ0v) is 12.0. The number of amides is 1. The van der Waals surface area contributed by atoms with Crippen LogP contribution in [-0.2, 0) is 11.2 Å². The highest BCUT2D eigenvalue weighted by Gasteiger charge is 2.28. The van der Waals surface area contributed by atoms with Crippen LogP contribution in [-0.4, -0.2) is 45.2 Å². The maximum Gasteiger partial charge on any atom is 0.227 e. The Morgan fingerprint density at radius 2 is 2.10 bits per heavy atom. The largest absolute Gasteiger partial charge is 0.389 e. The molecule has 0 bridgehead atoms. The highest BCUT2D eigenvalue weighted by atomic mass is 35.5. The summed E-state index contributed by atoms with van der Waals surface area (Å²) >= 11 is 5.82. The van der Waals surface area contributed by atoms with Gasteiger partial charge in [-0.1, -0.05) is 16.8 Å². The lowest BCUT2D eigenvalue weighted by Crippen LogP contribution is -2.53. The van der Waals surface area contributed by atoms with Crippen molar-refractivity contribution >= 4 is 17.5 Å². The van der Waals surface area contributed by atoms with E-state index in [9.17, 15) is 4.79 Å². The molecule has 3 rings (SSSR count). The highest BCUT2D eigenvalue weighted by Crippen LogP contribution is 2.19. The van der Waals surface area contributed by atoms with Crippen LogP contribution in [0.3, 0.4) is 0 Å². The van der Waals surface area contributed by atoms with E-state index in [4.69, 9.17) is 21.2 Å². The molecule has 1 saturated heterocycles. The van der Waals surface area contributed by atoms with Crippen LogP contribution in [0.4, 0.5) is 0 Å². The lowest BCUT2D eigenvalue weighted by Gasteiger charge is -2.35. The Hall–Kier alpha value is -1.92. The molecule has 1 aromatic carbocycles. The summed E-state index contributed by atoms with van der Waals surface area (Å²) in [5.74, 6) is 0.898. The molecule has 2 heterocycles. The average molecular weight is 308 g/mol. The topological polar surface area (TPSA) is 79.5 Å². The number of aromatic nitrogens is 2. The summed E-state index contributed by atoms with van der Waals surface area (Å²) in [5, 5.41) is 13.7. The van der Waals surface area contributed by atoms with Crippen molar-refractivity contribution in [1.82, 2.24) is 15.0 Å². The molecule has 21 heavy (non-hydrogen) atoms. The second-order valence-corrected chi connectivity index (χ2v) is 5.41. The number of likely N-dealkylation sites (tertiary alicyclic amines) is 1. The van der Waals surface area contributed by atoms with Crippen LogP contribution in [0.5, 0.6) is 0 Å². The fraction of sp³-hybridized carbons (Fsp3) is 0.357. The van der Waals surface area contributed by atoms with E-state index in [-0.39, 0.29) is 12.0 Å². The molecular formula is C14H14ClN3O3. The van der Waals surface area contributed by atoms with Gasteiger partial charge in [-0.15, -0.1) is 0 Å². The Labute approximate surface area is 126 Å². The average Bonchev–Trinajstić information content (AvgIpc) is 2.91. The molecule has 0 atom stereocenters. The molecule has 1 fully saturated rings. The predicted octanol–water partition coefficient (Wildman–Crippen LogP) is 1.53. The van der Waals surface area contributed by atoms with Gasteiger partial charge in [0.05, 0.1) is 6.10 Å². The summed E-state index contributed by atoms with van der Waals surface area (Å²) in [5.41, 5.74) is 0.812. The number of aryl methyl sites for hydroxylation is 1. The fourth-order valence-corrected chi connectivity index (χ4v) is 2.23. The van der Waals surface area contributed by atoms with Gasteiger partial charge in [-0.05, 0) is 24.3 Å². The SMILES string of the molecule is O=C(CCc1nc(-c2ccc(Cl)cc2)no1)N1CC(O)C1. The molecule has 0 unspecified atom stereocenters. The third-order valence-corrected chi connectivity index (χ3v) is 3.59. The van der Waals surface area contributed by atoms with E-state index in [1.807, 2.05) is 12.1 Å². The first-order valence-corrected chi connectivity index (χ1v) is 7.04. The molecule has 110 valence electrons. The van der Waals surface area contributed by atoms with Crippen LogP contribution >= 0.6 is 11.6 Å². The number of hydrogen-bond acceptors (Lipinski definition) is 5. The third kappa shape index (κ3) is 3.22. The van der Waals surface area contributed by atoms with Crippen molar-refractivity contribution in [2.45, 2.75) is 18.9 Å². The van der Waals surface area contributed by atoms with Crippen LogP contribution in [0.1, 0.15) is 12.3 Å². The smallest absolute Gasteiger partial charge is 0.227 e. The van der Waals surface area contributed by atoms with Crippen LogP contribution in [0.15, 0.2) is 28.8 Å². The van der Waals surface area contributed by atoms with Crippen LogP contribution < -0.4 is 0 Å².